The summed E-state index contributed by atoms with van der Waals surface area (Å²) in [5.74, 6) is 1.61. The summed E-state index contributed by atoms with van der Waals surface area (Å²) in [6.07, 6.45) is 5.67. The van der Waals surface area contributed by atoms with Gasteiger partial charge in [-0.15, -0.1) is 0 Å². The predicted molar refractivity (Wildman–Crippen MR) is 80.2 cm³/mol. The molecule has 1 aliphatic carbocycles. The number of nitrogens with zero attached hydrogens (tertiary/aromatic N) is 1. The summed E-state index contributed by atoms with van der Waals surface area (Å²) in [5, 5.41) is 3.48. The van der Waals surface area contributed by atoms with E-state index in [0.717, 1.165) is 49.3 Å². The lowest BCUT2D eigenvalue weighted by molar-refractivity contribution is -0.134. The molecule has 1 aromatic rings. The Morgan fingerprint density at radius 3 is 2.85 bits per heavy atom. The number of furan rings is 1. The SMILES string of the molecule is O=C(C1CCCC1)N1CC[C@@H](NCc2ccc(Br)o2)C1. The highest BCUT2D eigenvalue weighted by atomic mass is 79.9. The average molecular weight is 341 g/mol. The third-order valence-corrected chi connectivity index (χ3v) is 4.82. The van der Waals surface area contributed by atoms with Crippen molar-refractivity contribution in [1.82, 2.24) is 10.2 Å². The average Bonchev–Trinajstić information content (AvgIpc) is 3.17. The first-order valence-corrected chi connectivity index (χ1v) is 8.28. The standard InChI is InChI=1S/C15H21BrN2O2/c16-14-6-5-13(20-14)9-17-12-7-8-18(10-12)15(19)11-3-1-2-4-11/h5-6,11-12,17H,1-4,7-10H2/t12-/m1/s1. The molecule has 0 aromatic carbocycles. The highest BCUT2D eigenvalue weighted by Gasteiger charge is 2.31. The van der Waals surface area contributed by atoms with E-state index in [-0.39, 0.29) is 0 Å². The van der Waals surface area contributed by atoms with Crippen molar-refractivity contribution in [2.75, 3.05) is 13.1 Å². The topological polar surface area (TPSA) is 45.5 Å². The third-order valence-electron chi connectivity index (χ3n) is 4.40. The molecule has 0 spiro atoms. The van der Waals surface area contributed by atoms with Gasteiger partial charge in [0.2, 0.25) is 5.91 Å². The molecule has 20 heavy (non-hydrogen) atoms. The minimum Gasteiger partial charge on any atom is -0.453 e. The van der Waals surface area contributed by atoms with E-state index < -0.39 is 0 Å². The maximum absolute atomic E-state index is 12.3. The fourth-order valence-corrected chi connectivity index (χ4v) is 3.59. The number of likely N-dealkylation sites (tertiary alicyclic amines) is 1. The molecule has 1 aromatic heterocycles. The molecule has 3 rings (SSSR count). The van der Waals surface area contributed by atoms with Gasteiger partial charge in [0.15, 0.2) is 4.67 Å². The predicted octanol–water partition coefficient (Wildman–Crippen LogP) is 2.92. The van der Waals surface area contributed by atoms with Gasteiger partial charge in [-0.05, 0) is 47.3 Å². The zero-order valence-corrected chi connectivity index (χ0v) is 13.2. The Kier molecular flexibility index (Phi) is 4.46. The van der Waals surface area contributed by atoms with E-state index in [9.17, 15) is 4.79 Å². The van der Waals surface area contributed by atoms with E-state index in [4.69, 9.17) is 4.42 Å². The summed E-state index contributed by atoms with van der Waals surface area (Å²) in [5.41, 5.74) is 0. The Morgan fingerprint density at radius 1 is 1.35 bits per heavy atom. The Morgan fingerprint density at radius 2 is 2.15 bits per heavy atom. The maximum atomic E-state index is 12.3. The van der Waals surface area contributed by atoms with Crippen molar-refractivity contribution in [3.63, 3.8) is 0 Å². The van der Waals surface area contributed by atoms with Gasteiger partial charge >= 0.3 is 0 Å². The first-order valence-electron chi connectivity index (χ1n) is 7.49. The Balaban J connectivity index is 1.45. The quantitative estimate of drug-likeness (QED) is 0.916. The molecule has 2 aliphatic rings. The summed E-state index contributed by atoms with van der Waals surface area (Å²) >= 11 is 3.30. The van der Waals surface area contributed by atoms with Gasteiger partial charge in [-0.1, -0.05) is 12.8 Å². The normalized spacial score (nSPS) is 23.6. The van der Waals surface area contributed by atoms with Crippen molar-refractivity contribution >= 4 is 21.8 Å². The molecule has 1 saturated carbocycles. The van der Waals surface area contributed by atoms with Gasteiger partial charge < -0.3 is 14.6 Å². The van der Waals surface area contributed by atoms with Crippen LogP contribution in [0.15, 0.2) is 21.2 Å². The highest BCUT2D eigenvalue weighted by molar-refractivity contribution is 9.10. The molecule has 5 heteroatoms. The second-order valence-electron chi connectivity index (χ2n) is 5.84. The second-order valence-corrected chi connectivity index (χ2v) is 6.62. The lowest BCUT2D eigenvalue weighted by Gasteiger charge is -2.20. The van der Waals surface area contributed by atoms with E-state index in [1.807, 2.05) is 17.0 Å². The van der Waals surface area contributed by atoms with Crippen LogP contribution in [0.2, 0.25) is 0 Å². The summed E-state index contributed by atoms with van der Waals surface area (Å²) < 4.78 is 6.24. The van der Waals surface area contributed by atoms with Crippen LogP contribution in [-0.2, 0) is 11.3 Å². The molecular weight excluding hydrogens is 320 g/mol. The molecule has 1 aliphatic heterocycles. The van der Waals surface area contributed by atoms with E-state index in [0.29, 0.717) is 17.9 Å². The second kappa shape index (κ2) is 6.31. The number of hydrogen-bond donors (Lipinski definition) is 1. The number of carbonyl (C=O) groups is 1. The number of rotatable bonds is 4. The van der Waals surface area contributed by atoms with Gasteiger partial charge in [0.05, 0.1) is 6.54 Å². The van der Waals surface area contributed by atoms with E-state index in [1.54, 1.807) is 0 Å². The molecule has 4 nitrogen and oxygen atoms in total. The lowest BCUT2D eigenvalue weighted by Crippen LogP contribution is -2.37. The largest absolute Gasteiger partial charge is 0.453 e. The van der Waals surface area contributed by atoms with Crippen molar-refractivity contribution in [2.45, 2.75) is 44.7 Å². The van der Waals surface area contributed by atoms with E-state index in [1.165, 1.54) is 12.8 Å². The molecule has 2 fully saturated rings. The summed E-state index contributed by atoms with van der Waals surface area (Å²) in [7, 11) is 0. The molecule has 2 heterocycles. The van der Waals surface area contributed by atoms with Crippen LogP contribution in [0.5, 0.6) is 0 Å². The fraction of sp³-hybridized carbons (Fsp3) is 0.667. The number of amides is 1. The van der Waals surface area contributed by atoms with Crippen LogP contribution >= 0.6 is 15.9 Å². The van der Waals surface area contributed by atoms with Crippen LogP contribution in [0.25, 0.3) is 0 Å². The van der Waals surface area contributed by atoms with Crippen molar-refractivity contribution < 1.29 is 9.21 Å². The van der Waals surface area contributed by atoms with Crippen molar-refractivity contribution in [1.29, 1.82) is 0 Å². The number of carbonyl (C=O) groups excluding carboxylic acids is 1. The van der Waals surface area contributed by atoms with Gasteiger partial charge in [-0.25, -0.2) is 0 Å². The first kappa shape index (κ1) is 14.1. The Hall–Kier alpha value is -0.810. The Labute approximate surface area is 128 Å². The Bertz CT molecular complexity index is 468. The van der Waals surface area contributed by atoms with Crippen molar-refractivity contribution in [3.05, 3.63) is 22.6 Å². The van der Waals surface area contributed by atoms with Crippen LogP contribution in [0, 0.1) is 5.92 Å². The molecule has 1 amide bonds. The summed E-state index contributed by atoms with van der Waals surface area (Å²) in [6, 6.07) is 4.26. The van der Waals surface area contributed by atoms with Gasteiger partial charge in [-0.3, -0.25) is 4.79 Å². The fourth-order valence-electron chi connectivity index (χ4n) is 3.25. The molecule has 0 unspecified atom stereocenters. The third kappa shape index (κ3) is 3.26. The van der Waals surface area contributed by atoms with Gasteiger partial charge in [0, 0.05) is 25.0 Å². The molecular formula is C15H21BrN2O2. The smallest absolute Gasteiger partial charge is 0.225 e. The van der Waals surface area contributed by atoms with Crippen LogP contribution < -0.4 is 5.32 Å². The minimum absolute atomic E-state index is 0.301. The summed E-state index contributed by atoms with van der Waals surface area (Å²) in [4.78, 5) is 14.4. The van der Waals surface area contributed by atoms with Crippen LogP contribution in [-0.4, -0.2) is 29.9 Å². The minimum atomic E-state index is 0.301. The number of hydrogen-bond acceptors (Lipinski definition) is 3. The highest BCUT2D eigenvalue weighted by Crippen LogP contribution is 2.27. The van der Waals surface area contributed by atoms with Gasteiger partial charge in [0.1, 0.15) is 5.76 Å². The first-order chi connectivity index (χ1) is 9.72. The van der Waals surface area contributed by atoms with Crippen molar-refractivity contribution in [3.8, 4) is 0 Å². The van der Waals surface area contributed by atoms with Crippen LogP contribution in [0.3, 0.4) is 0 Å². The molecule has 1 N–H and O–H groups in total. The molecule has 0 bridgehead atoms. The number of nitrogens with one attached hydrogen (secondary N) is 1. The molecule has 1 saturated heterocycles. The molecule has 110 valence electrons. The van der Waals surface area contributed by atoms with Crippen LogP contribution in [0.1, 0.15) is 37.9 Å². The number of halogens is 1. The maximum Gasteiger partial charge on any atom is 0.225 e. The monoisotopic (exact) mass is 340 g/mol. The van der Waals surface area contributed by atoms with E-state index >= 15 is 0 Å². The molecule has 0 radical (unpaired) electrons. The summed E-state index contributed by atoms with van der Waals surface area (Å²) in [6.45, 7) is 2.47. The molecule has 1 atom stereocenters. The lowest BCUT2D eigenvalue weighted by atomic mass is 10.1. The van der Waals surface area contributed by atoms with Gasteiger partial charge in [0.25, 0.3) is 0 Å². The van der Waals surface area contributed by atoms with Gasteiger partial charge in [-0.2, -0.15) is 0 Å². The zero-order valence-electron chi connectivity index (χ0n) is 11.6. The van der Waals surface area contributed by atoms with Crippen LogP contribution in [0.4, 0.5) is 0 Å². The van der Waals surface area contributed by atoms with Crippen molar-refractivity contribution in [2.24, 2.45) is 5.92 Å². The zero-order chi connectivity index (χ0) is 13.9. The van der Waals surface area contributed by atoms with E-state index in [2.05, 4.69) is 21.2 Å².